The predicted molar refractivity (Wildman–Crippen MR) is 123 cm³/mol. The zero-order valence-electron chi connectivity index (χ0n) is 21.3. The van der Waals surface area contributed by atoms with E-state index in [9.17, 15) is 24.6 Å². The van der Waals surface area contributed by atoms with E-state index in [1.165, 1.54) is 13.0 Å². The van der Waals surface area contributed by atoms with Crippen LogP contribution in [0.5, 0.6) is 0 Å². The summed E-state index contributed by atoms with van der Waals surface area (Å²) in [5.41, 5.74) is -3.45. The molecular weight excluding hydrogens is 456 g/mol. The molecular formula is C26H38O9. The maximum atomic E-state index is 12.7. The van der Waals surface area contributed by atoms with Gasteiger partial charge in [0.25, 0.3) is 0 Å². The molecule has 196 valence electrons. The molecule has 9 nitrogen and oxygen atoms in total. The molecule has 3 fully saturated rings. The minimum atomic E-state index is -1.43. The van der Waals surface area contributed by atoms with Crippen molar-refractivity contribution < 1.29 is 43.5 Å². The Balaban J connectivity index is 1.83. The highest BCUT2D eigenvalue weighted by atomic mass is 16.6. The molecule has 2 aliphatic heterocycles. The summed E-state index contributed by atoms with van der Waals surface area (Å²) in [6, 6.07) is 0. The summed E-state index contributed by atoms with van der Waals surface area (Å²) in [7, 11) is 0. The first-order valence-corrected chi connectivity index (χ1v) is 12.5. The Morgan fingerprint density at radius 1 is 1.29 bits per heavy atom. The molecule has 0 unspecified atom stereocenters. The maximum absolute atomic E-state index is 12.7. The highest BCUT2D eigenvalue weighted by molar-refractivity contribution is 5.85. The van der Waals surface area contributed by atoms with Crippen molar-refractivity contribution in [1.82, 2.24) is 0 Å². The number of ether oxygens (including phenoxy) is 4. The van der Waals surface area contributed by atoms with E-state index >= 15 is 0 Å². The molecule has 0 bridgehead atoms. The summed E-state index contributed by atoms with van der Waals surface area (Å²) in [4.78, 5) is 36.7. The average molecular weight is 495 g/mol. The monoisotopic (exact) mass is 494 g/mol. The van der Waals surface area contributed by atoms with Gasteiger partial charge in [-0.3, -0.25) is 9.59 Å². The molecule has 1 spiro atoms. The lowest BCUT2D eigenvalue weighted by atomic mass is 9.41. The van der Waals surface area contributed by atoms with Gasteiger partial charge in [0.05, 0.1) is 30.1 Å². The Morgan fingerprint density at radius 2 is 1.97 bits per heavy atom. The molecule has 0 aromatic carbocycles. The Hall–Kier alpha value is -1.97. The van der Waals surface area contributed by atoms with Crippen LogP contribution in [0.25, 0.3) is 0 Å². The van der Waals surface area contributed by atoms with Gasteiger partial charge < -0.3 is 29.2 Å². The molecule has 0 radical (unpaired) electrons. The fraction of sp³-hybridized carbons (Fsp3) is 0.808. The van der Waals surface area contributed by atoms with Gasteiger partial charge in [-0.05, 0) is 31.3 Å². The number of hydrogen-bond donors (Lipinski definition) is 2. The Kier molecular flexibility index (Phi) is 6.60. The van der Waals surface area contributed by atoms with E-state index in [0.717, 1.165) is 6.42 Å². The largest absolute Gasteiger partial charge is 0.462 e. The second kappa shape index (κ2) is 8.85. The van der Waals surface area contributed by atoms with Gasteiger partial charge in [0, 0.05) is 31.3 Å². The van der Waals surface area contributed by atoms with Crippen molar-refractivity contribution >= 4 is 17.9 Å². The average Bonchev–Trinajstić information content (AvgIpc) is 3.43. The molecule has 35 heavy (non-hydrogen) atoms. The molecule has 0 aromatic heterocycles. The smallest absolute Gasteiger partial charge is 0.331 e. The van der Waals surface area contributed by atoms with Gasteiger partial charge in [-0.25, -0.2) is 4.79 Å². The quantitative estimate of drug-likeness (QED) is 0.310. The number of aliphatic hydroxyl groups is 2. The molecule has 2 heterocycles. The molecule has 2 saturated carbocycles. The Labute approximate surface area is 206 Å². The number of epoxide rings is 1. The first-order chi connectivity index (χ1) is 16.3. The SMILES string of the molecule is CC(=O)O[C@@H](CC1=CC(=O)OC1)[C@@]1(C)[C@H]2CCC[C@]3(CO3)[C@]2(CO)[C@@H](OC(=O)C(C)C)C[C@]1(C)O. The Morgan fingerprint density at radius 3 is 2.49 bits per heavy atom. The number of rotatable bonds is 7. The Bertz CT molecular complexity index is 918. The van der Waals surface area contributed by atoms with E-state index in [4.69, 9.17) is 18.9 Å². The first kappa shape index (κ1) is 26.1. The number of fused-ring (bicyclic) bond motifs is 2. The topological polar surface area (TPSA) is 132 Å². The number of esters is 3. The van der Waals surface area contributed by atoms with Crippen molar-refractivity contribution in [3.63, 3.8) is 0 Å². The van der Waals surface area contributed by atoms with Crippen LogP contribution in [0.1, 0.15) is 66.7 Å². The van der Waals surface area contributed by atoms with E-state index in [2.05, 4.69) is 0 Å². The number of carbonyl (C=O) groups excluding carboxylic acids is 3. The third kappa shape index (κ3) is 4.00. The second-order valence-electron chi connectivity index (χ2n) is 11.5. The molecule has 4 aliphatic rings. The predicted octanol–water partition coefficient (Wildman–Crippen LogP) is 2.07. The molecule has 0 aromatic rings. The van der Waals surface area contributed by atoms with Crippen LogP contribution in [-0.4, -0.2) is 71.4 Å². The summed E-state index contributed by atoms with van der Waals surface area (Å²) in [5.74, 6) is -2.12. The third-order valence-corrected chi connectivity index (χ3v) is 9.22. The lowest BCUT2D eigenvalue weighted by Crippen LogP contribution is -2.74. The van der Waals surface area contributed by atoms with Crippen molar-refractivity contribution in [2.24, 2.45) is 22.7 Å². The van der Waals surface area contributed by atoms with Crippen molar-refractivity contribution in [2.75, 3.05) is 19.8 Å². The molecule has 7 atom stereocenters. The number of hydrogen-bond acceptors (Lipinski definition) is 9. The van der Waals surface area contributed by atoms with Crippen LogP contribution in [-0.2, 0) is 33.3 Å². The van der Waals surface area contributed by atoms with Crippen molar-refractivity contribution in [1.29, 1.82) is 0 Å². The van der Waals surface area contributed by atoms with Crippen LogP contribution in [0.2, 0.25) is 0 Å². The summed E-state index contributed by atoms with van der Waals surface area (Å²) in [6.07, 6.45) is 2.21. The van der Waals surface area contributed by atoms with E-state index < -0.39 is 58.1 Å². The van der Waals surface area contributed by atoms with Crippen LogP contribution in [0, 0.1) is 22.7 Å². The summed E-state index contributed by atoms with van der Waals surface area (Å²) in [6.45, 7) is 8.62. The fourth-order valence-corrected chi connectivity index (χ4v) is 7.09. The fourth-order valence-electron chi connectivity index (χ4n) is 7.09. The van der Waals surface area contributed by atoms with Gasteiger partial charge >= 0.3 is 17.9 Å². The molecule has 2 aliphatic carbocycles. The van der Waals surface area contributed by atoms with Gasteiger partial charge in [0.1, 0.15) is 24.4 Å². The highest BCUT2D eigenvalue weighted by Crippen LogP contribution is 2.70. The van der Waals surface area contributed by atoms with Crippen LogP contribution in [0.15, 0.2) is 11.6 Å². The van der Waals surface area contributed by atoms with Gasteiger partial charge in [-0.1, -0.05) is 27.2 Å². The summed E-state index contributed by atoms with van der Waals surface area (Å²) < 4.78 is 23.0. The van der Waals surface area contributed by atoms with Gasteiger partial charge in [0.2, 0.25) is 0 Å². The second-order valence-corrected chi connectivity index (χ2v) is 11.5. The van der Waals surface area contributed by atoms with Crippen molar-refractivity contribution in [3.8, 4) is 0 Å². The number of cyclic esters (lactones) is 1. The molecule has 9 heteroatoms. The normalized spacial score (nSPS) is 41.1. The lowest BCUT2D eigenvalue weighted by molar-refractivity contribution is -0.287. The number of carbonyl (C=O) groups is 3. The minimum absolute atomic E-state index is 0.0520. The molecule has 0 amide bonds. The van der Waals surface area contributed by atoms with Gasteiger partial charge in [0.15, 0.2) is 0 Å². The van der Waals surface area contributed by atoms with E-state index in [0.29, 0.717) is 25.0 Å². The molecule has 2 N–H and O–H groups in total. The molecule has 1 saturated heterocycles. The molecule has 4 rings (SSSR count). The summed E-state index contributed by atoms with van der Waals surface area (Å²) >= 11 is 0. The zero-order chi connectivity index (χ0) is 25.8. The standard InChI is InChI=1S/C26H38O9/c1-15(2)22(30)35-20-11-23(4,31)24(5,18-7-6-8-25(14-33-25)26(18,20)13-27)19(34-16(3)28)9-17-10-21(29)32-12-17/h10,15,18-20,27,31H,6-9,11-14H2,1-5H3/t18-,19+,20+,23+,24-,25+,26+/m1/s1. The van der Waals surface area contributed by atoms with E-state index in [1.807, 2.05) is 6.92 Å². The van der Waals surface area contributed by atoms with Gasteiger partial charge in [-0.2, -0.15) is 0 Å². The van der Waals surface area contributed by atoms with Crippen LogP contribution < -0.4 is 0 Å². The van der Waals surface area contributed by atoms with Crippen molar-refractivity contribution in [3.05, 3.63) is 11.6 Å². The maximum Gasteiger partial charge on any atom is 0.331 e. The van der Waals surface area contributed by atoms with Crippen LogP contribution in [0.3, 0.4) is 0 Å². The van der Waals surface area contributed by atoms with E-state index in [1.54, 1.807) is 20.8 Å². The van der Waals surface area contributed by atoms with Crippen molar-refractivity contribution in [2.45, 2.75) is 90.1 Å². The first-order valence-electron chi connectivity index (χ1n) is 12.5. The highest BCUT2D eigenvalue weighted by Gasteiger charge is 2.78. The zero-order valence-corrected chi connectivity index (χ0v) is 21.3. The van der Waals surface area contributed by atoms with Gasteiger partial charge in [-0.15, -0.1) is 0 Å². The van der Waals surface area contributed by atoms with E-state index in [-0.39, 0.29) is 32.0 Å². The third-order valence-electron chi connectivity index (χ3n) is 9.22. The minimum Gasteiger partial charge on any atom is -0.462 e. The van der Waals surface area contributed by atoms with Crippen LogP contribution in [0.4, 0.5) is 0 Å². The summed E-state index contributed by atoms with van der Waals surface area (Å²) in [5, 5.41) is 23.1. The number of aliphatic hydroxyl groups excluding tert-OH is 1. The lowest BCUT2D eigenvalue weighted by Gasteiger charge is -2.66. The van der Waals surface area contributed by atoms with Crippen LogP contribution >= 0.6 is 0 Å².